The van der Waals surface area contributed by atoms with E-state index in [0.717, 1.165) is 35.3 Å². The summed E-state index contributed by atoms with van der Waals surface area (Å²) in [7, 11) is -1.47. The number of methoxy groups -OCH3 is 1. The molecule has 0 amide bonds. The van der Waals surface area contributed by atoms with Crippen molar-refractivity contribution in [1.29, 1.82) is 0 Å². The van der Waals surface area contributed by atoms with Gasteiger partial charge in [0.1, 0.15) is 42.2 Å². The number of aromatic nitrogens is 3. The number of nitrogens with zero attached hydrogens (tertiary/aromatic N) is 4. The Bertz CT molecular complexity index is 2740. The van der Waals surface area contributed by atoms with E-state index in [1.54, 1.807) is 18.2 Å². The van der Waals surface area contributed by atoms with Gasteiger partial charge in [-0.05, 0) is 81.3 Å². The maximum Gasteiger partial charge on any atom is 0.320 e. The molecule has 4 heterocycles. The van der Waals surface area contributed by atoms with E-state index in [1.165, 1.54) is 19.4 Å². The summed E-state index contributed by atoms with van der Waals surface area (Å²) < 4.78 is 79.8. The maximum atomic E-state index is 17.6. The molecule has 5 aromatic carbocycles. The Kier molecular flexibility index (Phi) is 12.7. The van der Waals surface area contributed by atoms with Crippen LogP contribution in [0.2, 0.25) is 5.04 Å². The summed E-state index contributed by atoms with van der Waals surface area (Å²) in [6.45, 7) is 8.10. The maximum absolute atomic E-state index is 17.6. The van der Waals surface area contributed by atoms with Crippen LogP contribution in [0.3, 0.4) is 0 Å². The number of hydrogen-bond acceptors (Lipinski definition) is 9. The van der Waals surface area contributed by atoms with Crippen LogP contribution in [0.1, 0.15) is 51.2 Å². The quantitative estimate of drug-likeness (QED) is 0.0695. The third kappa shape index (κ3) is 8.70. The highest BCUT2D eigenvalue weighted by Gasteiger charge is 2.51. The predicted octanol–water partition coefficient (Wildman–Crippen LogP) is 9.76. The molecule has 0 saturated carbocycles. The SMILES string of the molecule is COCOc1cc(-c2ncc3c(OCc4ccccc4)nc(OC[C@@]45CCCN4C[C@H](F)C5)nc3c2F)c2c(CCO[Si](c3ccccc3)(c3ccccc3)C(C)(C)C)c(F)ccc2c1. The highest BCUT2D eigenvalue weighted by atomic mass is 28.4. The lowest BCUT2D eigenvalue weighted by molar-refractivity contribution is 0.0512. The second-order valence-corrected chi connectivity index (χ2v) is 22.3. The molecule has 0 spiro atoms. The lowest BCUT2D eigenvalue weighted by atomic mass is 9.94. The fourth-order valence-electron chi connectivity index (χ4n) is 9.94. The van der Waals surface area contributed by atoms with Gasteiger partial charge in [0, 0.05) is 38.4 Å². The Balaban J connectivity index is 1.14. The van der Waals surface area contributed by atoms with Gasteiger partial charge in [-0.3, -0.25) is 9.88 Å². The molecule has 2 saturated heterocycles. The molecule has 0 N–H and O–H groups in total. The largest absolute Gasteiger partial charge is 0.472 e. The van der Waals surface area contributed by atoms with Gasteiger partial charge in [-0.2, -0.15) is 9.97 Å². The Morgan fingerprint density at radius 1 is 0.846 bits per heavy atom. The molecule has 2 aliphatic rings. The Hall–Kier alpha value is -5.86. The summed E-state index contributed by atoms with van der Waals surface area (Å²) in [6, 6.07) is 36.5. The molecule has 65 heavy (non-hydrogen) atoms. The van der Waals surface area contributed by atoms with Gasteiger partial charge in [0.15, 0.2) is 12.6 Å². The molecule has 0 radical (unpaired) electrons. The number of rotatable bonds is 16. The van der Waals surface area contributed by atoms with Crippen molar-refractivity contribution in [3.63, 3.8) is 0 Å². The molecule has 13 heteroatoms. The first-order valence-corrected chi connectivity index (χ1v) is 24.1. The van der Waals surface area contributed by atoms with Gasteiger partial charge in [0.05, 0.1) is 10.9 Å². The standard InChI is InChI=1S/C52H53F3N4O5Si/c1-51(2,3)65(39-17-10-6-11-18-39,40-19-12-7-13-20-40)64-26-23-41-44(54)22-21-36-27-38(63-34-60-4)28-42(45(36)41)47-46(55)48-43(30-56-47)49(61-32-35-15-8-5-9-16-35)58-50(57-48)62-33-52-24-14-25-59(52)31-37(53)29-52/h5-13,15-22,27-28,30,37H,14,23-26,29,31-34H2,1-4H3/t37-,52+/m1/s1. The van der Waals surface area contributed by atoms with Gasteiger partial charge in [0.25, 0.3) is 8.32 Å². The number of pyridine rings is 1. The number of fused-ring (bicyclic) bond motifs is 3. The second kappa shape index (κ2) is 18.6. The zero-order valence-corrected chi connectivity index (χ0v) is 38.2. The molecule has 7 aromatic rings. The van der Waals surface area contributed by atoms with Gasteiger partial charge in [-0.1, -0.05) is 118 Å². The van der Waals surface area contributed by atoms with Crippen LogP contribution in [0.15, 0.2) is 121 Å². The first-order valence-electron chi connectivity index (χ1n) is 22.2. The highest BCUT2D eigenvalue weighted by Crippen LogP contribution is 2.43. The molecule has 2 aromatic heterocycles. The minimum atomic E-state index is -2.98. The van der Waals surface area contributed by atoms with E-state index in [0.29, 0.717) is 40.6 Å². The van der Waals surface area contributed by atoms with Crippen LogP contribution in [-0.2, 0) is 22.2 Å². The fourth-order valence-corrected chi connectivity index (χ4v) is 14.5. The second-order valence-electron chi connectivity index (χ2n) is 18.0. The number of benzene rings is 5. The van der Waals surface area contributed by atoms with E-state index in [1.807, 2.05) is 66.7 Å². The number of alkyl halides is 1. The van der Waals surface area contributed by atoms with E-state index in [9.17, 15) is 4.39 Å². The molecular formula is C52H53F3N4O5Si. The topological polar surface area (TPSA) is 88.1 Å². The lowest BCUT2D eigenvalue weighted by Crippen LogP contribution is -2.66. The van der Waals surface area contributed by atoms with E-state index in [4.69, 9.17) is 28.4 Å². The molecule has 0 unspecified atom stereocenters. The summed E-state index contributed by atoms with van der Waals surface area (Å²) in [4.78, 5) is 16.1. The number of ether oxygens (including phenoxy) is 4. The summed E-state index contributed by atoms with van der Waals surface area (Å²) in [5.74, 6) is -0.794. The van der Waals surface area contributed by atoms with Crippen molar-refractivity contribution in [1.82, 2.24) is 19.9 Å². The van der Waals surface area contributed by atoms with Crippen LogP contribution < -0.4 is 24.6 Å². The van der Waals surface area contributed by atoms with E-state index in [2.05, 4.69) is 59.9 Å². The summed E-state index contributed by atoms with van der Waals surface area (Å²) in [5.41, 5.74) is 0.842. The van der Waals surface area contributed by atoms with Crippen LogP contribution in [0.25, 0.3) is 32.9 Å². The summed E-state index contributed by atoms with van der Waals surface area (Å²) in [6.07, 6.45) is 2.74. The third-order valence-corrected chi connectivity index (χ3v) is 17.9. The van der Waals surface area contributed by atoms with Gasteiger partial charge >= 0.3 is 6.01 Å². The van der Waals surface area contributed by atoms with Crippen molar-refractivity contribution < 1.29 is 36.5 Å². The van der Waals surface area contributed by atoms with Crippen molar-refractivity contribution in [3.8, 4) is 28.9 Å². The minimum Gasteiger partial charge on any atom is -0.472 e. The van der Waals surface area contributed by atoms with Crippen molar-refractivity contribution in [3.05, 3.63) is 144 Å². The zero-order chi connectivity index (χ0) is 45.2. The molecule has 0 bridgehead atoms. The van der Waals surface area contributed by atoms with Crippen LogP contribution >= 0.6 is 0 Å². The normalized spacial score (nSPS) is 17.7. The molecule has 9 rings (SSSR count). The van der Waals surface area contributed by atoms with Crippen LogP contribution in [0.5, 0.6) is 17.6 Å². The number of halogens is 3. The molecule has 336 valence electrons. The van der Waals surface area contributed by atoms with Crippen LogP contribution in [-0.4, -0.2) is 80.1 Å². The predicted molar refractivity (Wildman–Crippen MR) is 249 cm³/mol. The van der Waals surface area contributed by atoms with E-state index >= 15 is 8.78 Å². The Labute approximate surface area is 378 Å². The summed E-state index contributed by atoms with van der Waals surface area (Å²) >= 11 is 0. The molecule has 2 aliphatic heterocycles. The molecule has 2 fully saturated rings. The average molecular weight is 899 g/mol. The fraction of sp³-hybridized carbons (Fsp3) is 0.327. The third-order valence-electron chi connectivity index (χ3n) is 12.9. The molecule has 0 aliphatic carbocycles. The zero-order valence-electron chi connectivity index (χ0n) is 37.2. The van der Waals surface area contributed by atoms with Gasteiger partial charge in [-0.15, -0.1) is 0 Å². The van der Waals surface area contributed by atoms with Crippen molar-refractivity contribution in [2.75, 3.05) is 40.2 Å². The van der Waals surface area contributed by atoms with Crippen molar-refractivity contribution in [2.45, 2.75) is 69.8 Å². The van der Waals surface area contributed by atoms with E-state index < -0.39 is 31.7 Å². The Morgan fingerprint density at radius 3 is 2.25 bits per heavy atom. The van der Waals surface area contributed by atoms with Gasteiger partial charge in [0.2, 0.25) is 5.88 Å². The monoisotopic (exact) mass is 898 g/mol. The van der Waals surface area contributed by atoms with Crippen LogP contribution in [0.4, 0.5) is 13.2 Å². The van der Waals surface area contributed by atoms with Crippen molar-refractivity contribution >= 4 is 40.4 Å². The first-order chi connectivity index (χ1) is 31.5. The number of hydrogen-bond donors (Lipinski definition) is 0. The lowest BCUT2D eigenvalue weighted by Gasteiger charge is -2.43. The molecule has 9 nitrogen and oxygen atoms in total. The highest BCUT2D eigenvalue weighted by molar-refractivity contribution is 6.99. The van der Waals surface area contributed by atoms with Gasteiger partial charge in [-0.25, -0.2) is 13.2 Å². The van der Waals surface area contributed by atoms with Crippen molar-refractivity contribution in [2.24, 2.45) is 0 Å². The Morgan fingerprint density at radius 2 is 1.55 bits per heavy atom. The average Bonchev–Trinajstić information content (AvgIpc) is 3.85. The molecular weight excluding hydrogens is 846 g/mol. The molecule has 2 atom stereocenters. The minimum absolute atomic E-state index is 0.0724. The van der Waals surface area contributed by atoms with E-state index in [-0.39, 0.29) is 66.6 Å². The summed E-state index contributed by atoms with van der Waals surface area (Å²) in [5, 5.41) is 3.20. The van der Waals surface area contributed by atoms with Gasteiger partial charge < -0.3 is 23.4 Å². The van der Waals surface area contributed by atoms with Crippen LogP contribution in [0, 0.1) is 11.6 Å². The first kappa shape index (κ1) is 44.3. The smallest absolute Gasteiger partial charge is 0.320 e.